The van der Waals surface area contributed by atoms with E-state index in [1.807, 2.05) is 0 Å². The molecule has 0 unspecified atom stereocenters. The summed E-state index contributed by atoms with van der Waals surface area (Å²) in [5.74, 6) is -1.67. The number of aliphatic hydroxyl groups is 3. The minimum atomic E-state index is -5.05. The summed E-state index contributed by atoms with van der Waals surface area (Å²) in [6.45, 7) is 0.829. The number of hydrogen-bond acceptors (Lipinski definition) is 8. The molecule has 1 fully saturated rings. The van der Waals surface area contributed by atoms with Crippen LogP contribution in [-0.4, -0.2) is 69.6 Å². The molecule has 10 nitrogen and oxygen atoms in total. The number of ether oxygens (including phenoxy) is 1. The van der Waals surface area contributed by atoms with Crippen LogP contribution in [0.3, 0.4) is 0 Å². The van der Waals surface area contributed by atoms with Gasteiger partial charge in [0.1, 0.15) is 11.7 Å². The first-order valence-corrected chi connectivity index (χ1v) is 5.96. The summed E-state index contributed by atoms with van der Waals surface area (Å²) in [6.07, 6.45) is -8.31. The number of carboxylic acid groups (broad SMARTS) is 1. The van der Waals surface area contributed by atoms with Crippen molar-refractivity contribution in [3.63, 3.8) is 0 Å². The molecule has 106 valence electrons. The zero-order valence-electron chi connectivity index (χ0n) is 8.99. The second kappa shape index (κ2) is 4.70. The van der Waals surface area contributed by atoms with E-state index in [4.69, 9.17) is 9.66 Å². The molecule has 18 heavy (non-hydrogen) atoms. The molecule has 1 aliphatic heterocycles. The lowest BCUT2D eigenvalue weighted by Crippen LogP contribution is -2.67. The quantitative estimate of drug-likeness (QED) is 0.339. The lowest BCUT2D eigenvalue weighted by atomic mass is 9.86. The van der Waals surface area contributed by atoms with E-state index in [1.54, 1.807) is 0 Å². The summed E-state index contributed by atoms with van der Waals surface area (Å²) in [5.41, 5.74) is -2.48. The minimum absolute atomic E-state index is 0.829. The Hall–Kier alpha value is -0.820. The predicted octanol–water partition coefficient (Wildman–Crippen LogP) is -2.91. The highest BCUT2D eigenvalue weighted by atomic mass is 32.3. The summed E-state index contributed by atoms with van der Waals surface area (Å²) in [5, 5.41) is 37.3. The van der Waals surface area contributed by atoms with Crippen molar-refractivity contribution >= 4 is 16.4 Å². The van der Waals surface area contributed by atoms with Crippen molar-refractivity contribution in [3.05, 3.63) is 0 Å². The van der Waals surface area contributed by atoms with Gasteiger partial charge in [0.2, 0.25) is 0 Å². The molecule has 1 aliphatic rings. The van der Waals surface area contributed by atoms with Gasteiger partial charge in [0.05, 0.1) is 0 Å². The molecular weight excluding hydrogens is 276 g/mol. The third kappa shape index (κ3) is 2.95. The van der Waals surface area contributed by atoms with Gasteiger partial charge >= 0.3 is 16.4 Å². The zero-order valence-corrected chi connectivity index (χ0v) is 9.81. The Morgan fingerprint density at radius 3 is 2.28 bits per heavy atom. The summed E-state index contributed by atoms with van der Waals surface area (Å²) in [7, 11) is -5.05. The average molecular weight is 288 g/mol. The van der Waals surface area contributed by atoms with Gasteiger partial charge in [-0.1, -0.05) is 0 Å². The number of rotatable bonds is 3. The van der Waals surface area contributed by atoms with E-state index in [9.17, 15) is 28.5 Å². The number of carbonyl (C=O) groups is 1. The Morgan fingerprint density at radius 2 is 1.89 bits per heavy atom. The van der Waals surface area contributed by atoms with Crippen LogP contribution in [0.1, 0.15) is 6.92 Å². The molecule has 0 saturated carbocycles. The molecule has 0 spiro atoms. The highest BCUT2D eigenvalue weighted by Crippen LogP contribution is 2.31. The van der Waals surface area contributed by atoms with E-state index < -0.39 is 46.6 Å². The highest BCUT2D eigenvalue weighted by molar-refractivity contribution is 7.80. The van der Waals surface area contributed by atoms with Crippen molar-refractivity contribution in [2.75, 3.05) is 0 Å². The molecule has 5 atom stereocenters. The normalized spacial score (nSPS) is 41.6. The number of aliphatic carboxylic acids is 1. The smallest absolute Gasteiger partial charge is 0.397 e. The molecule has 1 heterocycles. The Bertz CT molecular complexity index is 428. The molecule has 0 aromatic carbocycles. The molecule has 5 N–H and O–H groups in total. The topological polar surface area (TPSA) is 171 Å². The van der Waals surface area contributed by atoms with Crippen LogP contribution < -0.4 is 0 Å². The minimum Gasteiger partial charge on any atom is -0.479 e. The lowest BCUT2D eigenvalue weighted by Gasteiger charge is -2.44. The van der Waals surface area contributed by atoms with Gasteiger partial charge in [-0.25, -0.2) is 8.98 Å². The fraction of sp³-hybridized carbons (Fsp3) is 0.857. The molecule has 0 radical (unpaired) electrons. The summed E-state index contributed by atoms with van der Waals surface area (Å²) in [4.78, 5) is 10.7. The fourth-order valence-corrected chi connectivity index (χ4v) is 2.08. The Kier molecular flexibility index (Phi) is 3.97. The van der Waals surface area contributed by atoms with Crippen LogP contribution in [0.4, 0.5) is 0 Å². The summed E-state index contributed by atoms with van der Waals surface area (Å²) >= 11 is 0. The molecule has 0 aliphatic carbocycles. The first kappa shape index (κ1) is 15.2. The third-order valence-electron chi connectivity index (χ3n) is 2.48. The molecule has 0 amide bonds. The van der Waals surface area contributed by atoms with Crippen molar-refractivity contribution in [2.45, 2.75) is 37.1 Å². The van der Waals surface area contributed by atoms with Crippen LogP contribution in [0, 0.1) is 0 Å². The van der Waals surface area contributed by atoms with Gasteiger partial charge in [-0.2, -0.15) is 8.42 Å². The van der Waals surface area contributed by atoms with E-state index in [0.717, 1.165) is 6.92 Å². The fourth-order valence-electron chi connectivity index (χ4n) is 1.53. The summed E-state index contributed by atoms with van der Waals surface area (Å²) in [6, 6.07) is 0. The van der Waals surface area contributed by atoms with Crippen molar-refractivity contribution in [1.29, 1.82) is 0 Å². The van der Waals surface area contributed by atoms with E-state index in [-0.39, 0.29) is 0 Å². The first-order chi connectivity index (χ1) is 7.97. The van der Waals surface area contributed by atoms with E-state index in [1.165, 1.54) is 0 Å². The standard InChI is InChI=1S/C7H12O10S/c1-7(12)3(8)2(5(9)10)16-6(11)4(7)17-18(13,14)15/h2-4,6,8,11-12H,1H3,(H,9,10)(H,13,14,15)/t2-,3-,4+,6-,7+/m1/s1. The van der Waals surface area contributed by atoms with Gasteiger partial charge in [0.25, 0.3) is 0 Å². The van der Waals surface area contributed by atoms with E-state index in [0.29, 0.717) is 0 Å². The van der Waals surface area contributed by atoms with Crippen molar-refractivity contribution in [3.8, 4) is 0 Å². The predicted molar refractivity (Wildman–Crippen MR) is 51.6 cm³/mol. The maximum atomic E-state index is 10.7. The van der Waals surface area contributed by atoms with Crippen LogP contribution in [0.15, 0.2) is 0 Å². The molecule has 11 heteroatoms. The monoisotopic (exact) mass is 288 g/mol. The maximum absolute atomic E-state index is 10.7. The van der Waals surface area contributed by atoms with Gasteiger partial charge in [-0.3, -0.25) is 4.55 Å². The van der Waals surface area contributed by atoms with Gasteiger partial charge in [0, 0.05) is 0 Å². The van der Waals surface area contributed by atoms with Crippen LogP contribution in [0.2, 0.25) is 0 Å². The number of aliphatic hydroxyl groups excluding tert-OH is 2. The second-order valence-electron chi connectivity index (χ2n) is 3.90. The van der Waals surface area contributed by atoms with E-state index >= 15 is 0 Å². The van der Waals surface area contributed by atoms with Crippen molar-refractivity contribution in [2.24, 2.45) is 0 Å². The Morgan fingerprint density at radius 1 is 1.39 bits per heavy atom. The SMILES string of the molecule is C[C@]1(O)[C@H](O)[C@H](C(=O)O)O[C@@H](O)[C@@H]1OS(=O)(=O)O. The van der Waals surface area contributed by atoms with Crippen LogP contribution >= 0.6 is 0 Å². The molecule has 0 aromatic heterocycles. The van der Waals surface area contributed by atoms with Crippen LogP contribution in [0.5, 0.6) is 0 Å². The Labute approximate surface area is 101 Å². The summed E-state index contributed by atoms with van der Waals surface area (Å²) < 4.78 is 37.8. The molecule has 0 aromatic rings. The van der Waals surface area contributed by atoms with Crippen molar-refractivity contribution in [1.82, 2.24) is 0 Å². The molecule has 1 saturated heterocycles. The van der Waals surface area contributed by atoms with Gasteiger partial charge in [-0.15, -0.1) is 0 Å². The largest absolute Gasteiger partial charge is 0.479 e. The van der Waals surface area contributed by atoms with Crippen LogP contribution in [-0.2, 0) is 24.1 Å². The number of hydrogen-bond donors (Lipinski definition) is 5. The maximum Gasteiger partial charge on any atom is 0.397 e. The number of carboxylic acids is 1. The average Bonchev–Trinajstić information content (AvgIpc) is 2.17. The zero-order chi connectivity index (χ0) is 14.3. The first-order valence-electron chi connectivity index (χ1n) is 4.59. The Balaban J connectivity index is 3.05. The molecule has 1 rings (SSSR count). The second-order valence-corrected chi connectivity index (χ2v) is 4.95. The van der Waals surface area contributed by atoms with E-state index in [2.05, 4.69) is 8.92 Å². The van der Waals surface area contributed by atoms with Gasteiger partial charge < -0.3 is 25.2 Å². The molecule has 0 bridgehead atoms. The lowest BCUT2D eigenvalue weighted by molar-refractivity contribution is -0.303. The highest BCUT2D eigenvalue weighted by Gasteiger charge is 2.56. The van der Waals surface area contributed by atoms with Gasteiger partial charge in [-0.05, 0) is 6.92 Å². The van der Waals surface area contributed by atoms with Gasteiger partial charge in [0.15, 0.2) is 18.5 Å². The van der Waals surface area contributed by atoms with Crippen LogP contribution in [0.25, 0.3) is 0 Å². The van der Waals surface area contributed by atoms with Crippen molar-refractivity contribution < 1.29 is 47.1 Å². The third-order valence-corrected chi connectivity index (χ3v) is 2.93. The molecular formula is C7H12O10S.